The molecule has 0 aliphatic rings. The Morgan fingerprint density at radius 1 is 0.516 bits per heavy atom. The van der Waals surface area contributed by atoms with Crippen molar-refractivity contribution in [2.45, 2.75) is 73.1 Å². The van der Waals surface area contributed by atoms with Gasteiger partial charge in [0.25, 0.3) is 0 Å². The maximum atomic E-state index is 8.45. The minimum absolute atomic E-state index is 0.0519. The number of methoxy groups -OCH3 is 1. The van der Waals surface area contributed by atoms with E-state index >= 15 is 0 Å². The van der Waals surface area contributed by atoms with Crippen LogP contribution in [0, 0.1) is 20.7 Å². The summed E-state index contributed by atoms with van der Waals surface area (Å²) in [5.74, 6) is 1.43. The number of hydrogen-bond acceptors (Lipinski definition) is 3. The molecular weight excluding hydrogens is 779 g/mol. The quantitative estimate of drug-likeness (QED) is 0.153. The van der Waals surface area contributed by atoms with Crippen LogP contribution in [-0.4, -0.2) is 21.6 Å². The van der Waals surface area contributed by atoms with Gasteiger partial charge in [-0.25, -0.2) is 4.98 Å². The van der Waals surface area contributed by atoms with Crippen molar-refractivity contribution < 1.29 is 8.85 Å². The summed E-state index contributed by atoms with van der Waals surface area (Å²) in [6.07, 6.45) is 1.90. The molecule has 318 valence electrons. The van der Waals surface area contributed by atoms with E-state index in [-0.39, 0.29) is 16.4 Å². The second-order valence-electron chi connectivity index (χ2n) is 19.1. The van der Waals surface area contributed by atoms with Gasteiger partial charge in [0.2, 0.25) is 0 Å². The Bertz CT molecular complexity index is 3280. The number of ether oxygens (including phenoxy) is 1. The van der Waals surface area contributed by atoms with E-state index in [0.717, 1.165) is 83.8 Å². The Hall–Kier alpha value is -7.04. The Balaban J connectivity index is 1.27. The zero-order valence-electron chi connectivity index (χ0n) is 41.3. The van der Waals surface area contributed by atoms with Crippen LogP contribution in [0.2, 0.25) is 0 Å². The monoisotopic (exact) mass is 838 g/mol. The molecule has 64 heavy (non-hydrogen) atoms. The highest BCUT2D eigenvalue weighted by atomic mass is 16.5. The van der Waals surface area contributed by atoms with E-state index in [4.69, 9.17) is 18.8 Å². The summed E-state index contributed by atoms with van der Waals surface area (Å²) in [6.45, 7) is 15.2. The molecule has 0 amide bonds. The number of rotatable bonds is 8. The average molecular weight is 839 g/mol. The van der Waals surface area contributed by atoms with Gasteiger partial charge < -0.3 is 4.74 Å². The Morgan fingerprint density at radius 3 is 1.86 bits per heavy atom. The maximum Gasteiger partial charge on any atom is 0.149 e. The van der Waals surface area contributed by atoms with Crippen molar-refractivity contribution in [2.75, 3.05) is 7.11 Å². The summed E-state index contributed by atoms with van der Waals surface area (Å²) in [4.78, 5) is 10.6. The molecule has 0 unspecified atom stereocenters. The lowest BCUT2D eigenvalue weighted by Gasteiger charge is -2.22. The molecule has 0 saturated carbocycles. The predicted molar refractivity (Wildman–Crippen MR) is 270 cm³/mol. The molecule has 0 radical (unpaired) electrons. The van der Waals surface area contributed by atoms with Gasteiger partial charge in [0, 0.05) is 27.0 Å². The fourth-order valence-corrected chi connectivity index (χ4v) is 8.88. The van der Waals surface area contributed by atoms with E-state index < -0.39 is 6.85 Å². The van der Waals surface area contributed by atoms with Gasteiger partial charge in [0.15, 0.2) is 0 Å². The Kier molecular flexibility index (Phi) is 10.0. The molecule has 0 fully saturated rings. The lowest BCUT2D eigenvalue weighted by Crippen LogP contribution is -2.11. The van der Waals surface area contributed by atoms with Crippen LogP contribution in [0.5, 0.6) is 5.75 Å². The topological polar surface area (TPSA) is 39.9 Å². The average Bonchev–Trinajstić information content (AvgIpc) is 3.70. The van der Waals surface area contributed by atoms with Gasteiger partial charge in [0.05, 0.1) is 35.1 Å². The van der Waals surface area contributed by atoms with Gasteiger partial charge in [-0.1, -0.05) is 156 Å². The maximum absolute atomic E-state index is 8.45. The minimum atomic E-state index is -2.31. The van der Waals surface area contributed by atoms with Crippen molar-refractivity contribution in [1.82, 2.24) is 14.5 Å². The third-order valence-electron chi connectivity index (χ3n) is 12.3. The van der Waals surface area contributed by atoms with Crippen LogP contribution in [0.25, 0.3) is 83.9 Å². The molecule has 9 aromatic rings. The number of para-hydroxylation sites is 1. The second-order valence-corrected chi connectivity index (χ2v) is 19.1. The second kappa shape index (κ2) is 16.6. The van der Waals surface area contributed by atoms with Gasteiger partial charge >= 0.3 is 0 Å². The van der Waals surface area contributed by atoms with Crippen LogP contribution in [0.3, 0.4) is 0 Å². The van der Waals surface area contributed by atoms with Crippen molar-refractivity contribution in [3.63, 3.8) is 0 Å². The van der Waals surface area contributed by atoms with E-state index in [9.17, 15) is 0 Å². The number of fused-ring (bicyclic) bond motifs is 1. The summed E-state index contributed by atoms with van der Waals surface area (Å²) in [6, 6.07) is 54.8. The molecule has 2 heterocycles. The summed E-state index contributed by atoms with van der Waals surface area (Å²) < 4.78 is 33.7. The summed E-state index contributed by atoms with van der Waals surface area (Å²) in [7, 11) is 1.70. The van der Waals surface area contributed by atoms with Crippen LogP contribution in [-0.2, 0) is 10.8 Å². The van der Waals surface area contributed by atoms with Gasteiger partial charge in [-0.2, -0.15) is 0 Å². The highest BCUT2D eigenvalue weighted by Crippen LogP contribution is 2.43. The van der Waals surface area contributed by atoms with Gasteiger partial charge in [-0.3, -0.25) is 9.55 Å². The lowest BCUT2D eigenvalue weighted by atomic mass is 9.83. The highest BCUT2D eigenvalue weighted by Gasteiger charge is 2.25. The normalized spacial score (nSPS) is 12.8. The van der Waals surface area contributed by atoms with E-state index in [1.807, 2.05) is 24.4 Å². The number of benzene rings is 7. The van der Waals surface area contributed by atoms with E-state index in [2.05, 4.69) is 193 Å². The first-order valence-corrected chi connectivity index (χ1v) is 22.1. The van der Waals surface area contributed by atoms with Crippen LogP contribution >= 0.6 is 0 Å². The lowest BCUT2D eigenvalue weighted by molar-refractivity contribution is 0.413. The molecule has 4 nitrogen and oxygen atoms in total. The van der Waals surface area contributed by atoms with Gasteiger partial charge in [-0.05, 0) is 136 Å². The molecule has 0 aliphatic carbocycles. The molecule has 0 atom stereocenters. The zero-order chi connectivity index (χ0) is 47.4. The smallest absolute Gasteiger partial charge is 0.149 e. The van der Waals surface area contributed by atoms with Crippen molar-refractivity contribution in [2.24, 2.45) is 0 Å². The first kappa shape index (κ1) is 38.6. The molecule has 0 aliphatic heterocycles. The van der Waals surface area contributed by atoms with Crippen LogP contribution in [0.4, 0.5) is 0 Å². The Labute approximate surface area is 383 Å². The van der Waals surface area contributed by atoms with Crippen molar-refractivity contribution >= 4 is 11.0 Å². The Morgan fingerprint density at radius 2 is 1.17 bits per heavy atom. The molecule has 9 rings (SSSR count). The molecule has 2 aromatic heterocycles. The van der Waals surface area contributed by atoms with Crippen LogP contribution < -0.4 is 4.74 Å². The standard InChI is InChI=1S/C60H57N3O/c1-38-19-28-54(51(32-38)44-24-26-48(27-25-44)59(4,5)6)63-55-18-14-17-50(56(55)62-58(63)52-33-39(2)31-40(3)57(52)64-10)46-34-47(36-49(35-46)60(7,8)9)53-37-45(29-30-61-53)43-22-20-42(21-23-43)41-15-12-11-13-16-41/h11-37H,1-10H3/i1D3. The molecule has 0 spiro atoms. The van der Waals surface area contributed by atoms with Crippen molar-refractivity contribution in [3.8, 4) is 78.6 Å². The number of imidazole rings is 1. The SMILES string of the molecule is [2H]C([2H])([2H])c1ccc(-n2c(-c3cc(C)cc(C)c3OC)nc3c(-c4cc(-c5cc(-c6ccc(-c7ccccc7)cc6)ccn5)cc(C(C)(C)C)c4)cccc32)c(-c2ccc(C(C)(C)C)cc2)c1. The van der Waals surface area contributed by atoms with Gasteiger partial charge in [-0.15, -0.1) is 0 Å². The van der Waals surface area contributed by atoms with Gasteiger partial charge in [0.1, 0.15) is 11.6 Å². The number of nitrogens with zero attached hydrogens (tertiary/aromatic N) is 3. The first-order valence-electron chi connectivity index (χ1n) is 23.6. The largest absolute Gasteiger partial charge is 0.496 e. The fraction of sp³-hybridized carbons (Fsp3) is 0.200. The number of aryl methyl sites for hydroxylation is 3. The molecular formula is C60H57N3O. The molecule has 0 bridgehead atoms. The number of pyridine rings is 1. The third kappa shape index (κ3) is 8.17. The third-order valence-corrected chi connectivity index (χ3v) is 12.3. The molecule has 0 N–H and O–H groups in total. The van der Waals surface area contributed by atoms with Crippen LogP contribution in [0.15, 0.2) is 164 Å². The summed E-state index contributed by atoms with van der Waals surface area (Å²) >= 11 is 0. The predicted octanol–water partition coefficient (Wildman–Crippen LogP) is 16.0. The van der Waals surface area contributed by atoms with Crippen molar-refractivity contribution in [1.29, 1.82) is 0 Å². The highest BCUT2D eigenvalue weighted by molar-refractivity contribution is 5.98. The van der Waals surface area contributed by atoms with E-state index in [0.29, 0.717) is 5.82 Å². The first-order chi connectivity index (χ1) is 31.9. The zero-order valence-corrected chi connectivity index (χ0v) is 38.3. The van der Waals surface area contributed by atoms with E-state index in [1.165, 1.54) is 22.3 Å². The summed E-state index contributed by atoms with van der Waals surface area (Å²) in [5, 5.41) is 0. The van der Waals surface area contributed by atoms with E-state index in [1.54, 1.807) is 13.2 Å². The van der Waals surface area contributed by atoms with Crippen molar-refractivity contribution in [3.05, 3.63) is 192 Å². The fourth-order valence-electron chi connectivity index (χ4n) is 8.88. The number of aromatic nitrogens is 3. The number of hydrogen-bond donors (Lipinski definition) is 0. The minimum Gasteiger partial charge on any atom is -0.496 e. The molecule has 7 aromatic carbocycles. The molecule has 0 saturated heterocycles. The van der Waals surface area contributed by atoms with Crippen LogP contribution in [0.1, 0.15) is 73.5 Å². The summed E-state index contributed by atoms with van der Waals surface area (Å²) in [5.41, 5.74) is 18.0. The molecule has 4 heteroatoms.